The molecule has 0 unspecified atom stereocenters. The average Bonchev–Trinajstić information content (AvgIpc) is 2.36. The van der Waals surface area contributed by atoms with E-state index in [4.69, 9.17) is 5.73 Å². The Morgan fingerprint density at radius 2 is 1.74 bits per heavy atom. The molecule has 0 amide bonds. The van der Waals surface area contributed by atoms with E-state index in [-0.39, 0.29) is 0 Å². The van der Waals surface area contributed by atoms with Crippen molar-refractivity contribution in [3.8, 4) is 0 Å². The summed E-state index contributed by atoms with van der Waals surface area (Å²) < 4.78 is 0. The summed E-state index contributed by atoms with van der Waals surface area (Å²) in [5.41, 5.74) is 8.11. The van der Waals surface area contributed by atoms with Crippen molar-refractivity contribution in [3.05, 3.63) is 11.3 Å². The first-order chi connectivity index (χ1) is 8.97. The van der Waals surface area contributed by atoms with Crippen LogP contribution in [0.15, 0.2) is 0 Å². The van der Waals surface area contributed by atoms with E-state index in [1.807, 2.05) is 25.9 Å². The largest absolute Gasteiger partial charge is 0.362 e. The lowest BCUT2D eigenvalue weighted by molar-refractivity contribution is 0.410. The highest BCUT2D eigenvalue weighted by atomic mass is 15.2. The van der Waals surface area contributed by atoms with E-state index in [1.54, 1.807) is 0 Å². The SMILES string of the molecule is Cc1nc(NC2CCC(N)CC2)nc(N(C)C)c1C. The molecule has 1 heterocycles. The van der Waals surface area contributed by atoms with Gasteiger partial charge in [-0.15, -0.1) is 0 Å². The van der Waals surface area contributed by atoms with E-state index < -0.39 is 0 Å². The second-order valence-corrected chi connectivity index (χ2v) is 5.73. The summed E-state index contributed by atoms with van der Waals surface area (Å²) in [7, 11) is 4.02. The van der Waals surface area contributed by atoms with E-state index in [0.29, 0.717) is 12.1 Å². The number of hydrogen-bond acceptors (Lipinski definition) is 5. The summed E-state index contributed by atoms with van der Waals surface area (Å²) in [5.74, 6) is 1.73. The number of rotatable bonds is 3. The fourth-order valence-electron chi connectivity index (χ4n) is 2.56. The minimum atomic E-state index is 0.371. The molecule has 19 heavy (non-hydrogen) atoms. The summed E-state index contributed by atoms with van der Waals surface area (Å²) in [6, 6.07) is 0.827. The van der Waals surface area contributed by atoms with Gasteiger partial charge < -0.3 is 16.0 Å². The van der Waals surface area contributed by atoms with E-state index >= 15 is 0 Å². The predicted molar refractivity (Wildman–Crippen MR) is 79.7 cm³/mol. The average molecular weight is 263 g/mol. The van der Waals surface area contributed by atoms with Gasteiger partial charge in [-0.05, 0) is 39.5 Å². The van der Waals surface area contributed by atoms with Crippen molar-refractivity contribution >= 4 is 11.8 Å². The fourth-order valence-corrected chi connectivity index (χ4v) is 2.56. The molecule has 1 saturated carbocycles. The molecule has 1 aromatic heterocycles. The third-order valence-electron chi connectivity index (χ3n) is 3.89. The normalized spacial score (nSPS) is 23.2. The molecule has 0 aromatic carbocycles. The Bertz CT molecular complexity index is 436. The number of anilines is 2. The second-order valence-electron chi connectivity index (χ2n) is 5.73. The van der Waals surface area contributed by atoms with Crippen molar-refractivity contribution < 1.29 is 0 Å². The highest BCUT2D eigenvalue weighted by molar-refractivity contribution is 5.50. The first-order valence-electron chi connectivity index (χ1n) is 7.02. The van der Waals surface area contributed by atoms with Crippen LogP contribution in [0.5, 0.6) is 0 Å². The Hall–Kier alpha value is -1.36. The van der Waals surface area contributed by atoms with Crippen molar-refractivity contribution in [2.24, 2.45) is 5.73 Å². The van der Waals surface area contributed by atoms with E-state index in [1.165, 1.54) is 0 Å². The molecule has 1 aliphatic carbocycles. The third-order valence-corrected chi connectivity index (χ3v) is 3.89. The highest BCUT2D eigenvalue weighted by Crippen LogP contribution is 2.23. The van der Waals surface area contributed by atoms with Gasteiger partial charge in [0.15, 0.2) is 0 Å². The summed E-state index contributed by atoms with van der Waals surface area (Å²) >= 11 is 0. The minimum absolute atomic E-state index is 0.371. The van der Waals surface area contributed by atoms with Crippen LogP contribution in [-0.4, -0.2) is 36.1 Å². The molecule has 3 N–H and O–H groups in total. The molecular weight excluding hydrogens is 238 g/mol. The standard InChI is InChI=1S/C14H25N5/c1-9-10(2)16-14(18-13(9)19(3)4)17-12-7-5-11(15)6-8-12/h11-12H,5-8,15H2,1-4H3,(H,16,17,18). The van der Waals surface area contributed by atoms with Crippen LogP contribution in [0.1, 0.15) is 36.9 Å². The Morgan fingerprint density at radius 3 is 2.32 bits per heavy atom. The highest BCUT2D eigenvalue weighted by Gasteiger charge is 2.19. The van der Waals surface area contributed by atoms with Gasteiger partial charge in [0.1, 0.15) is 5.82 Å². The first kappa shape index (κ1) is 14.1. The minimum Gasteiger partial charge on any atom is -0.362 e. The van der Waals surface area contributed by atoms with Gasteiger partial charge in [-0.2, -0.15) is 4.98 Å². The number of aryl methyl sites for hydroxylation is 1. The van der Waals surface area contributed by atoms with E-state index in [2.05, 4.69) is 22.2 Å². The predicted octanol–water partition coefficient (Wildman–Crippen LogP) is 1.84. The summed E-state index contributed by atoms with van der Waals surface area (Å²) in [5, 5.41) is 3.46. The van der Waals surface area contributed by atoms with Gasteiger partial charge in [0.05, 0.1) is 0 Å². The summed E-state index contributed by atoms with van der Waals surface area (Å²) in [4.78, 5) is 11.2. The van der Waals surface area contributed by atoms with Gasteiger partial charge in [0.2, 0.25) is 5.95 Å². The maximum absolute atomic E-state index is 5.93. The fraction of sp³-hybridized carbons (Fsp3) is 0.714. The number of nitrogens with two attached hydrogens (primary N) is 1. The molecule has 0 bridgehead atoms. The van der Waals surface area contributed by atoms with Crippen LogP contribution in [0.2, 0.25) is 0 Å². The van der Waals surface area contributed by atoms with Crippen molar-refractivity contribution in [1.82, 2.24) is 9.97 Å². The van der Waals surface area contributed by atoms with Crippen LogP contribution in [0.4, 0.5) is 11.8 Å². The van der Waals surface area contributed by atoms with Crippen LogP contribution in [0.3, 0.4) is 0 Å². The van der Waals surface area contributed by atoms with Crippen molar-refractivity contribution in [3.63, 3.8) is 0 Å². The monoisotopic (exact) mass is 263 g/mol. The van der Waals surface area contributed by atoms with E-state index in [9.17, 15) is 0 Å². The molecule has 0 aliphatic heterocycles. The lowest BCUT2D eigenvalue weighted by Gasteiger charge is -2.27. The van der Waals surface area contributed by atoms with Crippen LogP contribution in [0.25, 0.3) is 0 Å². The number of hydrogen-bond donors (Lipinski definition) is 2. The molecule has 5 nitrogen and oxygen atoms in total. The lowest BCUT2D eigenvalue weighted by Crippen LogP contribution is -2.33. The Kier molecular flexibility index (Phi) is 4.24. The van der Waals surface area contributed by atoms with Gasteiger partial charge in [-0.25, -0.2) is 4.98 Å². The Labute approximate surface area is 115 Å². The Morgan fingerprint density at radius 1 is 1.11 bits per heavy atom. The van der Waals surface area contributed by atoms with Crippen molar-refractivity contribution in [2.75, 3.05) is 24.3 Å². The van der Waals surface area contributed by atoms with Gasteiger partial charge in [-0.1, -0.05) is 0 Å². The quantitative estimate of drug-likeness (QED) is 0.871. The molecule has 2 rings (SSSR count). The lowest BCUT2D eigenvalue weighted by atomic mass is 9.92. The van der Waals surface area contributed by atoms with Crippen LogP contribution in [0, 0.1) is 13.8 Å². The molecule has 0 radical (unpaired) electrons. The summed E-state index contributed by atoms with van der Waals surface area (Å²) in [6.07, 6.45) is 4.38. The van der Waals surface area contributed by atoms with Crippen molar-refractivity contribution in [1.29, 1.82) is 0 Å². The zero-order chi connectivity index (χ0) is 14.0. The van der Waals surface area contributed by atoms with Crippen molar-refractivity contribution in [2.45, 2.75) is 51.6 Å². The second kappa shape index (κ2) is 5.74. The van der Waals surface area contributed by atoms with Gasteiger partial charge in [0.25, 0.3) is 0 Å². The smallest absolute Gasteiger partial charge is 0.225 e. The molecule has 106 valence electrons. The molecule has 1 aromatic rings. The maximum atomic E-state index is 5.93. The first-order valence-corrected chi connectivity index (χ1v) is 7.02. The van der Waals surface area contributed by atoms with Gasteiger partial charge in [0, 0.05) is 37.4 Å². The van der Waals surface area contributed by atoms with Crippen LogP contribution < -0.4 is 16.0 Å². The van der Waals surface area contributed by atoms with Gasteiger partial charge >= 0.3 is 0 Å². The molecule has 0 saturated heterocycles. The molecule has 1 fully saturated rings. The topological polar surface area (TPSA) is 67.1 Å². The maximum Gasteiger partial charge on any atom is 0.225 e. The zero-order valence-electron chi connectivity index (χ0n) is 12.4. The summed E-state index contributed by atoms with van der Waals surface area (Å²) in [6.45, 7) is 4.10. The number of aromatic nitrogens is 2. The van der Waals surface area contributed by atoms with Crippen LogP contribution >= 0.6 is 0 Å². The third kappa shape index (κ3) is 3.35. The van der Waals surface area contributed by atoms with Gasteiger partial charge in [-0.3, -0.25) is 0 Å². The molecule has 1 aliphatic rings. The number of nitrogens with one attached hydrogen (secondary N) is 1. The Balaban J connectivity index is 2.12. The van der Waals surface area contributed by atoms with E-state index in [0.717, 1.165) is 48.7 Å². The number of nitrogens with zero attached hydrogens (tertiary/aromatic N) is 3. The molecular formula is C14H25N5. The molecule has 5 heteroatoms. The van der Waals surface area contributed by atoms with Crippen LogP contribution in [-0.2, 0) is 0 Å². The molecule has 0 atom stereocenters. The molecule has 0 spiro atoms. The zero-order valence-corrected chi connectivity index (χ0v) is 12.4.